The Morgan fingerprint density at radius 1 is 1.40 bits per heavy atom. The smallest absolute Gasteiger partial charge is 0.0184 e. The Morgan fingerprint density at radius 2 is 2.20 bits per heavy atom. The SMILES string of the molecule is CCC(CS)CSCc1cccc(C)c1. The third-order valence-electron chi connectivity index (χ3n) is 2.54. The van der Waals surface area contributed by atoms with Gasteiger partial charge in [-0.25, -0.2) is 0 Å². The first-order valence-corrected chi connectivity index (χ1v) is 7.29. The third kappa shape index (κ3) is 4.98. The lowest BCUT2D eigenvalue weighted by atomic mass is 10.2. The van der Waals surface area contributed by atoms with Crippen molar-refractivity contribution in [2.45, 2.75) is 26.0 Å². The molecule has 0 spiro atoms. The minimum absolute atomic E-state index is 0.767. The van der Waals surface area contributed by atoms with Crippen LogP contribution in [0.2, 0.25) is 0 Å². The van der Waals surface area contributed by atoms with E-state index in [1.807, 2.05) is 11.8 Å². The highest BCUT2D eigenvalue weighted by molar-refractivity contribution is 7.98. The molecule has 1 atom stereocenters. The molecule has 0 fully saturated rings. The number of hydrogen-bond donors (Lipinski definition) is 1. The first-order chi connectivity index (χ1) is 7.26. The topological polar surface area (TPSA) is 0 Å². The molecule has 1 rings (SSSR count). The van der Waals surface area contributed by atoms with Crippen LogP contribution in [0.25, 0.3) is 0 Å². The number of hydrogen-bond acceptors (Lipinski definition) is 2. The van der Waals surface area contributed by atoms with Crippen LogP contribution in [0.1, 0.15) is 24.5 Å². The van der Waals surface area contributed by atoms with Gasteiger partial charge in [-0.15, -0.1) is 0 Å². The fraction of sp³-hybridized carbons (Fsp3) is 0.538. The zero-order valence-electron chi connectivity index (χ0n) is 9.57. The van der Waals surface area contributed by atoms with Crippen LogP contribution in [0.3, 0.4) is 0 Å². The second-order valence-electron chi connectivity index (χ2n) is 3.96. The van der Waals surface area contributed by atoms with Gasteiger partial charge in [0.15, 0.2) is 0 Å². The zero-order valence-corrected chi connectivity index (χ0v) is 11.3. The Labute approximate surface area is 103 Å². The summed E-state index contributed by atoms with van der Waals surface area (Å²) in [6.45, 7) is 4.39. The first-order valence-electron chi connectivity index (χ1n) is 5.50. The predicted molar refractivity (Wildman–Crippen MR) is 75.0 cm³/mol. The average Bonchev–Trinajstić information content (AvgIpc) is 2.25. The molecule has 0 heterocycles. The molecule has 0 bridgehead atoms. The van der Waals surface area contributed by atoms with Crippen molar-refractivity contribution in [2.24, 2.45) is 5.92 Å². The Balaban J connectivity index is 2.31. The van der Waals surface area contributed by atoms with E-state index >= 15 is 0 Å². The number of aryl methyl sites for hydroxylation is 1. The lowest BCUT2D eigenvalue weighted by molar-refractivity contribution is 0.649. The van der Waals surface area contributed by atoms with Crippen molar-refractivity contribution in [2.75, 3.05) is 11.5 Å². The molecule has 2 heteroatoms. The Morgan fingerprint density at radius 3 is 2.80 bits per heavy atom. The van der Waals surface area contributed by atoms with Crippen LogP contribution in [0, 0.1) is 12.8 Å². The molecule has 0 aromatic heterocycles. The summed E-state index contributed by atoms with van der Waals surface area (Å²) in [7, 11) is 0. The van der Waals surface area contributed by atoms with Crippen LogP contribution in [0.15, 0.2) is 24.3 Å². The number of benzene rings is 1. The van der Waals surface area contributed by atoms with Crippen molar-refractivity contribution >= 4 is 24.4 Å². The van der Waals surface area contributed by atoms with Crippen molar-refractivity contribution < 1.29 is 0 Å². The first kappa shape index (κ1) is 13.0. The molecule has 84 valence electrons. The standard InChI is InChI=1S/C13H20S2/c1-3-12(8-14)9-15-10-13-6-4-5-11(2)7-13/h4-7,12,14H,3,8-10H2,1-2H3. The maximum Gasteiger partial charge on any atom is 0.0184 e. The molecule has 1 unspecified atom stereocenters. The van der Waals surface area contributed by atoms with Gasteiger partial charge in [0, 0.05) is 5.75 Å². The summed E-state index contributed by atoms with van der Waals surface area (Å²) < 4.78 is 0. The van der Waals surface area contributed by atoms with Gasteiger partial charge in [0.2, 0.25) is 0 Å². The van der Waals surface area contributed by atoms with Crippen LogP contribution in [-0.4, -0.2) is 11.5 Å². The molecule has 0 aliphatic heterocycles. The maximum absolute atomic E-state index is 4.36. The normalized spacial score (nSPS) is 12.7. The molecule has 0 N–H and O–H groups in total. The molecule has 0 amide bonds. The predicted octanol–water partition coefficient (Wildman–Crippen LogP) is 4.18. The lowest BCUT2D eigenvalue weighted by Gasteiger charge is -2.10. The Kier molecular flexibility index (Phi) is 6.26. The van der Waals surface area contributed by atoms with Gasteiger partial charge in [0.1, 0.15) is 0 Å². The average molecular weight is 240 g/mol. The molecule has 1 aromatic rings. The van der Waals surface area contributed by atoms with E-state index in [9.17, 15) is 0 Å². The lowest BCUT2D eigenvalue weighted by Crippen LogP contribution is -2.03. The summed E-state index contributed by atoms with van der Waals surface area (Å²) in [5.41, 5.74) is 2.79. The van der Waals surface area contributed by atoms with Crippen LogP contribution >= 0.6 is 24.4 Å². The fourth-order valence-corrected chi connectivity index (χ4v) is 3.23. The molecule has 1 aromatic carbocycles. The van der Waals surface area contributed by atoms with Gasteiger partial charge < -0.3 is 0 Å². The second kappa shape index (κ2) is 7.24. The van der Waals surface area contributed by atoms with Gasteiger partial charge in [-0.2, -0.15) is 24.4 Å². The van der Waals surface area contributed by atoms with Crippen LogP contribution in [0.4, 0.5) is 0 Å². The van der Waals surface area contributed by atoms with E-state index in [1.165, 1.54) is 23.3 Å². The van der Waals surface area contributed by atoms with Gasteiger partial charge in [-0.3, -0.25) is 0 Å². The quantitative estimate of drug-likeness (QED) is 0.728. The van der Waals surface area contributed by atoms with Gasteiger partial charge >= 0.3 is 0 Å². The Hall–Kier alpha value is -0.0800. The minimum atomic E-state index is 0.767. The van der Waals surface area contributed by atoms with E-state index in [0.29, 0.717) is 0 Å². The zero-order chi connectivity index (χ0) is 11.1. The maximum atomic E-state index is 4.36. The van der Waals surface area contributed by atoms with Gasteiger partial charge in [-0.05, 0) is 29.9 Å². The van der Waals surface area contributed by atoms with Crippen LogP contribution in [-0.2, 0) is 5.75 Å². The van der Waals surface area contributed by atoms with Gasteiger partial charge in [-0.1, -0.05) is 43.2 Å². The molecule has 0 saturated heterocycles. The number of thioether (sulfide) groups is 1. The fourth-order valence-electron chi connectivity index (χ4n) is 1.45. The summed E-state index contributed by atoms with van der Waals surface area (Å²) in [6, 6.07) is 8.77. The van der Waals surface area contributed by atoms with E-state index in [0.717, 1.165) is 17.4 Å². The van der Waals surface area contributed by atoms with E-state index in [-0.39, 0.29) is 0 Å². The summed E-state index contributed by atoms with van der Waals surface area (Å²) in [5, 5.41) is 0. The third-order valence-corrected chi connectivity index (χ3v) is 4.30. The van der Waals surface area contributed by atoms with Crippen molar-refractivity contribution in [3.8, 4) is 0 Å². The molecule has 0 nitrogen and oxygen atoms in total. The molecular weight excluding hydrogens is 220 g/mol. The summed E-state index contributed by atoms with van der Waals surface area (Å²) in [4.78, 5) is 0. The number of thiol groups is 1. The highest BCUT2D eigenvalue weighted by atomic mass is 32.2. The van der Waals surface area contributed by atoms with Crippen molar-refractivity contribution in [1.82, 2.24) is 0 Å². The summed E-state index contributed by atoms with van der Waals surface area (Å²) >= 11 is 6.38. The van der Waals surface area contributed by atoms with E-state index in [4.69, 9.17) is 0 Å². The van der Waals surface area contributed by atoms with Crippen LogP contribution < -0.4 is 0 Å². The monoisotopic (exact) mass is 240 g/mol. The van der Waals surface area contributed by atoms with E-state index < -0.39 is 0 Å². The molecule has 0 aliphatic rings. The van der Waals surface area contributed by atoms with E-state index in [2.05, 4.69) is 50.7 Å². The largest absolute Gasteiger partial charge is 0.179 e. The molecule has 0 saturated carbocycles. The van der Waals surface area contributed by atoms with Crippen molar-refractivity contribution in [1.29, 1.82) is 0 Å². The van der Waals surface area contributed by atoms with E-state index in [1.54, 1.807) is 0 Å². The Bertz CT molecular complexity index is 280. The molecule has 0 radical (unpaired) electrons. The van der Waals surface area contributed by atoms with Crippen LogP contribution in [0.5, 0.6) is 0 Å². The molecule has 0 aliphatic carbocycles. The number of rotatable bonds is 6. The van der Waals surface area contributed by atoms with Gasteiger partial charge in [0.25, 0.3) is 0 Å². The van der Waals surface area contributed by atoms with Crippen molar-refractivity contribution in [3.05, 3.63) is 35.4 Å². The summed E-state index contributed by atoms with van der Waals surface area (Å²) in [5.74, 6) is 4.14. The molecule has 15 heavy (non-hydrogen) atoms. The minimum Gasteiger partial charge on any atom is -0.179 e. The highest BCUT2D eigenvalue weighted by Gasteiger charge is 2.03. The molecular formula is C13H20S2. The van der Waals surface area contributed by atoms with Crippen molar-refractivity contribution in [3.63, 3.8) is 0 Å². The highest BCUT2D eigenvalue weighted by Crippen LogP contribution is 2.18. The second-order valence-corrected chi connectivity index (χ2v) is 5.36. The summed E-state index contributed by atoms with van der Waals surface area (Å²) in [6.07, 6.45) is 1.24. The van der Waals surface area contributed by atoms with Gasteiger partial charge in [0.05, 0.1) is 0 Å².